The van der Waals surface area contributed by atoms with E-state index < -0.39 is 0 Å². The second kappa shape index (κ2) is 8.10. The first-order valence-corrected chi connectivity index (χ1v) is 7.54. The van der Waals surface area contributed by atoms with Crippen molar-refractivity contribution >= 4 is 0 Å². The third-order valence-electron chi connectivity index (χ3n) is 4.50. The molecule has 102 valence electrons. The molecule has 0 aromatic heterocycles. The van der Waals surface area contributed by atoms with E-state index in [2.05, 4.69) is 6.92 Å². The molecule has 0 aliphatic heterocycles. The van der Waals surface area contributed by atoms with Gasteiger partial charge in [-0.05, 0) is 31.1 Å². The lowest BCUT2D eigenvalue weighted by Gasteiger charge is -2.32. The Labute approximate surface area is 106 Å². The summed E-state index contributed by atoms with van der Waals surface area (Å²) >= 11 is 0. The third kappa shape index (κ3) is 4.59. The lowest BCUT2D eigenvalue weighted by molar-refractivity contribution is 0.0237. The zero-order valence-corrected chi connectivity index (χ0v) is 11.5. The van der Waals surface area contributed by atoms with Crippen molar-refractivity contribution in [1.82, 2.24) is 0 Å². The summed E-state index contributed by atoms with van der Waals surface area (Å²) in [6.45, 7) is 2.47. The van der Waals surface area contributed by atoms with E-state index in [9.17, 15) is 10.2 Å². The van der Waals surface area contributed by atoms with Crippen molar-refractivity contribution < 1.29 is 10.2 Å². The highest BCUT2D eigenvalue weighted by atomic mass is 16.3. The number of hydrogen-bond acceptors (Lipinski definition) is 2. The van der Waals surface area contributed by atoms with Crippen molar-refractivity contribution in [2.24, 2.45) is 5.41 Å². The van der Waals surface area contributed by atoms with Crippen LogP contribution in [-0.4, -0.2) is 22.9 Å². The van der Waals surface area contributed by atoms with E-state index in [1.54, 1.807) is 0 Å². The molecule has 0 saturated heterocycles. The standard InChI is InChI=1S/C15H30O2/c1-2-3-4-5-6-7-10-15(12-13-16)11-8-9-14(15)17/h14,16-17H,2-13H2,1H3. The van der Waals surface area contributed by atoms with Gasteiger partial charge in [-0.1, -0.05) is 51.9 Å². The van der Waals surface area contributed by atoms with Gasteiger partial charge in [0, 0.05) is 6.61 Å². The van der Waals surface area contributed by atoms with E-state index in [1.165, 1.54) is 38.5 Å². The van der Waals surface area contributed by atoms with Crippen LogP contribution in [0.25, 0.3) is 0 Å². The zero-order chi connectivity index (χ0) is 12.6. The summed E-state index contributed by atoms with van der Waals surface area (Å²) in [6.07, 6.45) is 12.8. The molecule has 1 aliphatic rings. The Morgan fingerprint density at radius 1 is 1.06 bits per heavy atom. The van der Waals surface area contributed by atoms with Gasteiger partial charge in [-0.25, -0.2) is 0 Å². The van der Waals surface area contributed by atoms with Crippen LogP contribution in [0.3, 0.4) is 0 Å². The summed E-state index contributed by atoms with van der Waals surface area (Å²) in [6, 6.07) is 0. The van der Waals surface area contributed by atoms with E-state index >= 15 is 0 Å². The van der Waals surface area contributed by atoms with Crippen molar-refractivity contribution in [1.29, 1.82) is 0 Å². The Morgan fingerprint density at radius 3 is 2.35 bits per heavy atom. The fraction of sp³-hybridized carbons (Fsp3) is 1.00. The predicted molar refractivity (Wildman–Crippen MR) is 72.0 cm³/mol. The molecule has 0 radical (unpaired) electrons. The Kier molecular flexibility index (Phi) is 7.14. The topological polar surface area (TPSA) is 40.5 Å². The molecule has 0 amide bonds. The SMILES string of the molecule is CCCCCCCCC1(CCO)CCCC1O. The first-order chi connectivity index (χ1) is 8.25. The van der Waals surface area contributed by atoms with Crippen LogP contribution in [0.1, 0.15) is 77.6 Å². The van der Waals surface area contributed by atoms with Crippen LogP contribution in [0.2, 0.25) is 0 Å². The minimum Gasteiger partial charge on any atom is -0.396 e. The molecule has 2 heteroatoms. The molecule has 0 heterocycles. The molecule has 1 rings (SSSR count). The van der Waals surface area contributed by atoms with Gasteiger partial charge < -0.3 is 10.2 Å². The highest BCUT2D eigenvalue weighted by Crippen LogP contribution is 2.45. The van der Waals surface area contributed by atoms with Gasteiger partial charge in [0.1, 0.15) is 0 Å². The lowest BCUT2D eigenvalue weighted by Crippen LogP contribution is -2.31. The lowest BCUT2D eigenvalue weighted by atomic mass is 9.76. The molecule has 2 atom stereocenters. The van der Waals surface area contributed by atoms with Crippen molar-refractivity contribution in [3.63, 3.8) is 0 Å². The molecule has 17 heavy (non-hydrogen) atoms. The molecule has 1 saturated carbocycles. The maximum absolute atomic E-state index is 10.1. The van der Waals surface area contributed by atoms with Gasteiger partial charge in [-0.2, -0.15) is 0 Å². The van der Waals surface area contributed by atoms with E-state index in [-0.39, 0.29) is 18.1 Å². The van der Waals surface area contributed by atoms with Crippen LogP contribution in [0.15, 0.2) is 0 Å². The van der Waals surface area contributed by atoms with Gasteiger partial charge in [-0.3, -0.25) is 0 Å². The van der Waals surface area contributed by atoms with Crippen molar-refractivity contribution in [3.05, 3.63) is 0 Å². The van der Waals surface area contributed by atoms with Crippen LogP contribution in [0.4, 0.5) is 0 Å². The first kappa shape index (κ1) is 15.0. The number of aliphatic hydroxyl groups excluding tert-OH is 2. The quantitative estimate of drug-likeness (QED) is 0.606. The van der Waals surface area contributed by atoms with Gasteiger partial charge in [0.2, 0.25) is 0 Å². The maximum atomic E-state index is 10.1. The summed E-state index contributed by atoms with van der Waals surface area (Å²) in [4.78, 5) is 0. The molecule has 2 N–H and O–H groups in total. The molecule has 0 aromatic rings. The fourth-order valence-corrected chi connectivity index (χ4v) is 3.31. The number of hydrogen-bond donors (Lipinski definition) is 2. The van der Waals surface area contributed by atoms with E-state index in [0.717, 1.165) is 32.1 Å². The predicted octanol–water partition coefficient (Wildman–Crippen LogP) is 3.65. The number of rotatable bonds is 9. The van der Waals surface area contributed by atoms with Crippen LogP contribution in [-0.2, 0) is 0 Å². The second-order valence-electron chi connectivity index (χ2n) is 5.76. The fourth-order valence-electron chi connectivity index (χ4n) is 3.31. The summed E-state index contributed by atoms with van der Waals surface area (Å²) in [5, 5.41) is 19.3. The molecule has 0 aromatic carbocycles. The normalized spacial score (nSPS) is 28.8. The maximum Gasteiger partial charge on any atom is 0.0597 e. The number of aliphatic hydroxyl groups is 2. The Balaban J connectivity index is 2.21. The summed E-state index contributed by atoms with van der Waals surface area (Å²) in [7, 11) is 0. The Hall–Kier alpha value is -0.0800. The largest absolute Gasteiger partial charge is 0.396 e. The minimum absolute atomic E-state index is 0.0551. The molecule has 2 nitrogen and oxygen atoms in total. The Bertz CT molecular complexity index is 193. The molecule has 0 spiro atoms. The Morgan fingerprint density at radius 2 is 1.76 bits per heavy atom. The first-order valence-electron chi connectivity index (χ1n) is 7.54. The molecule has 1 aliphatic carbocycles. The van der Waals surface area contributed by atoms with Crippen LogP contribution >= 0.6 is 0 Å². The smallest absolute Gasteiger partial charge is 0.0597 e. The van der Waals surface area contributed by atoms with Crippen LogP contribution in [0, 0.1) is 5.41 Å². The van der Waals surface area contributed by atoms with Gasteiger partial charge in [0.05, 0.1) is 6.10 Å². The van der Waals surface area contributed by atoms with Crippen LogP contribution in [0.5, 0.6) is 0 Å². The highest BCUT2D eigenvalue weighted by molar-refractivity contribution is 4.91. The van der Waals surface area contributed by atoms with Crippen LogP contribution < -0.4 is 0 Å². The zero-order valence-electron chi connectivity index (χ0n) is 11.5. The third-order valence-corrected chi connectivity index (χ3v) is 4.50. The van der Waals surface area contributed by atoms with Crippen molar-refractivity contribution in [3.8, 4) is 0 Å². The molecular formula is C15H30O2. The van der Waals surface area contributed by atoms with Gasteiger partial charge in [0.25, 0.3) is 0 Å². The number of unbranched alkanes of at least 4 members (excludes halogenated alkanes) is 5. The summed E-state index contributed by atoms with van der Waals surface area (Å²) in [5.74, 6) is 0. The van der Waals surface area contributed by atoms with Gasteiger partial charge >= 0.3 is 0 Å². The monoisotopic (exact) mass is 242 g/mol. The average molecular weight is 242 g/mol. The van der Waals surface area contributed by atoms with Gasteiger partial charge in [-0.15, -0.1) is 0 Å². The summed E-state index contributed by atoms with van der Waals surface area (Å²) in [5.41, 5.74) is 0.0551. The van der Waals surface area contributed by atoms with Crippen molar-refractivity contribution in [2.45, 2.75) is 83.7 Å². The molecule has 2 unspecified atom stereocenters. The molecule has 1 fully saturated rings. The van der Waals surface area contributed by atoms with E-state index in [0.29, 0.717) is 0 Å². The molecular weight excluding hydrogens is 212 g/mol. The average Bonchev–Trinajstić information content (AvgIpc) is 2.66. The van der Waals surface area contributed by atoms with E-state index in [1.807, 2.05) is 0 Å². The minimum atomic E-state index is -0.162. The molecule has 0 bridgehead atoms. The highest BCUT2D eigenvalue weighted by Gasteiger charge is 2.40. The van der Waals surface area contributed by atoms with E-state index in [4.69, 9.17) is 0 Å². The second-order valence-corrected chi connectivity index (χ2v) is 5.76. The van der Waals surface area contributed by atoms with Gasteiger partial charge in [0.15, 0.2) is 0 Å². The summed E-state index contributed by atoms with van der Waals surface area (Å²) < 4.78 is 0. The van der Waals surface area contributed by atoms with Crippen molar-refractivity contribution in [2.75, 3.05) is 6.61 Å².